The molecule has 1 aliphatic carbocycles. The van der Waals surface area contributed by atoms with Crippen LogP contribution in [0, 0.1) is 5.92 Å². The number of benzene rings is 1. The van der Waals surface area contributed by atoms with Gasteiger partial charge in [0.25, 0.3) is 5.91 Å². The van der Waals surface area contributed by atoms with E-state index in [9.17, 15) is 4.79 Å². The fraction of sp³-hybridized carbons (Fsp3) is 0.440. The lowest BCUT2D eigenvalue weighted by atomic mass is 9.78. The SMILES string of the molecule is COCCNC(=O)c1sc2ncccc2c1C1CCC(CNCc2ccccc2)CC1. The summed E-state index contributed by atoms with van der Waals surface area (Å²) in [6, 6.07) is 14.7. The van der Waals surface area contributed by atoms with Crippen LogP contribution in [-0.4, -0.2) is 37.7 Å². The molecular weight excluding hydrogens is 406 g/mol. The monoisotopic (exact) mass is 437 g/mol. The van der Waals surface area contributed by atoms with Crippen LogP contribution in [0.5, 0.6) is 0 Å². The maximum Gasteiger partial charge on any atom is 0.261 e. The first-order valence-corrected chi connectivity index (χ1v) is 12.0. The molecule has 2 aromatic heterocycles. The van der Waals surface area contributed by atoms with Gasteiger partial charge in [-0.2, -0.15) is 0 Å². The largest absolute Gasteiger partial charge is 0.383 e. The molecule has 2 N–H and O–H groups in total. The number of amides is 1. The molecule has 1 amide bonds. The van der Waals surface area contributed by atoms with Crippen LogP contribution in [0.3, 0.4) is 0 Å². The number of nitrogens with zero attached hydrogens (tertiary/aromatic N) is 1. The van der Waals surface area contributed by atoms with E-state index in [2.05, 4.69) is 52.0 Å². The Bertz CT molecular complexity index is 981. The highest BCUT2D eigenvalue weighted by molar-refractivity contribution is 7.20. The smallest absolute Gasteiger partial charge is 0.261 e. The Hall–Kier alpha value is -2.28. The summed E-state index contributed by atoms with van der Waals surface area (Å²) in [5.74, 6) is 1.12. The zero-order chi connectivity index (χ0) is 21.5. The lowest BCUT2D eigenvalue weighted by Crippen LogP contribution is -2.28. The number of nitrogens with one attached hydrogen (secondary N) is 2. The van der Waals surface area contributed by atoms with Crippen LogP contribution < -0.4 is 10.6 Å². The van der Waals surface area contributed by atoms with Crippen molar-refractivity contribution < 1.29 is 9.53 Å². The molecule has 3 aromatic rings. The van der Waals surface area contributed by atoms with E-state index in [4.69, 9.17) is 4.74 Å². The van der Waals surface area contributed by atoms with Gasteiger partial charge in [-0.25, -0.2) is 4.98 Å². The highest BCUT2D eigenvalue weighted by Crippen LogP contribution is 2.43. The van der Waals surface area contributed by atoms with E-state index in [1.54, 1.807) is 7.11 Å². The molecule has 0 radical (unpaired) electrons. The van der Waals surface area contributed by atoms with E-state index in [0.717, 1.165) is 41.0 Å². The van der Waals surface area contributed by atoms with Gasteiger partial charge in [-0.3, -0.25) is 4.79 Å². The maximum absolute atomic E-state index is 12.9. The lowest BCUT2D eigenvalue weighted by Gasteiger charge is -2.29. The van der Waals surface area contributed by atoms with Gasteiger partial charge in [-0.15, -0.1) is 11.3 Å². The molecule has 0 bridgehead atoms. The van der Waals surface area contributed by atoms with Crippen LogP contribution >= 0.6 is 11.3 Å². The van der Waals surface area contributed by atoms with Gasteiger partial charge in [-0.05, 0) is 61.3 Å². The minimum atomic E-state index is 0.00158. The van der Waals surface area contributed by atoms with E-state index in [1.165, 1.54) is 35.3 Å². The summed E-state index contributed by atoms with van der Waals surface area (Å²) < 4.78 is 5.08. The number of fused-ring (bicyclic) bond motifs is 1. The number of thiophene rings is 1. The Balaban J connectivity index is 1.39. The van der Waals surface area contributed by atoms with Gasteiger partial charge in [-0.1, -0.05) is 36.4 Å². The fourth-order valence-electron chi connectivity index (χ4n) is 4.54. The number of rotatable bonds is 9. The van der Waals surface area contributed by atoms with Crippen molar-refractivity contribution in [2.45, 2.75) is 38.1 Å². The Labute approximate surface area is 188 Å². The van der Waals surface area contributed by atoms with E-state index in [-0.39, 0.29) is 5.91 Å². The number of hydrogen-bond acceptors (Lipinski definition) is 5. The fourth-order valence-corrected chi connectivity index (χ4v) is 5.69. The van der Waals surface area contributed by atoms with Gasteiger partial charge < -0.3 is 15.4 Å². The van der Waals surface area contributed by atoms with Gasteiger partial charge in [0.1, 0.15) is 4.83 Å². The van der Waals surface area contributed by atoms with Gasteiger partial charge in [0.15, 0.2) is 0 Å². The lowest BCUT2D eigenvalue weighted by molar-refractivity contribution is 0.0939. The van der Waals surface area contributed by atoms with Crippen molar-refractivity contribution in [1.29, 1.82) is 0 Å². The average Bonchev–Trinajstić information content (AvgIpc) is 3.20. The van der Waals surface area contributed by atoms with Crippen molar-refractivity contribution >= 4 is 27.5 Å². The minimum absolute atomic E-state index is 0.00158. The van der Waals surface area contributed by atoms with Gasteiger partial charge in [0.2, 0.25) is 0 Å². The standard InChI is InChI=1S/C25H31N3O2S/c1-30-15-14-27-24(29)23-22(21-8-5-13-28-25(21)31-23)20-11-9-19(10-12-20)17-26-16-18-6-3-2-4-7-18/h2-8,13,19-20,26H,9-12,14-17H2,1H3,(H,27,29). The first-order valence-electron chi connectivity index (χ1n) is 11.2. The second-order valence-corrected chi connectivity index (χ2v) is 9.28. The van der Waals surface area contributed by atoms with Gasteiger partial charge in [0.05, 0.1) is 11.5 Å². The molecule has 0 spiro atoms. The first-order chi connectivity index (χ1) is 15.3. The third-order valence-electron chi connectivity index (χ3n) is 6.16. The van der Waals surface area contributed by atoms with E-state index < -0.39 is 0 Å². The molecule has 31 heavy (non-hydrogen) atoms. The van der Waals surface area contributed by atoms with Crippen molar-refractivity contribution in [2.24, 2.45) is 5.92 Å². The molecule has 1 aromatic carbocycles. The van der Waals surface area contributed by atoms with Crippen molar-refractivity contribution in [1.82, 2.24) is 15.6 Å². The molecule has 0 unspecified atom stereocenters. The first kappa shape index (κ1) is 21.9. The van der Waals surface area contributed by atoms with Crippen molar-refractivity contribution in [3.8, 4) is 0 Å². The zero-order valence-corrected chi connectivity index (χ0v) is 18.9. The normalized spacial score (nSPS) is 18.9. The summed E-state index contributed by atoms with van der Waals surface area (Å²) in [7, 11) is 1.65. The Morgan fingerprint density at radius 1 is 1.13 bits per heavy atom. The average molecular weight is 438 g/mol. The molecule has 0 saturated heterocycles. The molecular formula is C25H31N3O2S. The number of ether oxygens (including phenoxy) is 1. The Morgan fingerprint density at radius 2 is 1.94 bits per heavy atom. The third kappa shape index (κ3) is 5.50. The zero-order valence-electron chi connectivity index (χ0n) is 18.1. The van der Waals surface area contributed by atoms with E-state index >= 15 is 0 Å². The van der Waals surface area contributed by atoms with E-state index in [0.29, 0.717) is 25.0 Å². The Morgan fingerprint density at radius 3 is 2.71 bits per heavy atom. The highest BCUT2D eigenvalue weighted by Gasteiger charge is 2.29. The van der Waals surface area contributed by atoms with Crippen LogP contribution in [0.25, 0.3) is 10.2 Å². The predicted molar refractivity (Wildman–Crippen MR) is 127 cm³/mol. The number of aromatic nitrogens is 1. The molecule has 6 heteroatoms. The molecule has 5 nitrogen and oxygen atoms in total. The molecule has 0 atom stereocenters. The maximum atomic E-state index is 12.9. The summed E-state index contributed by atoms with van der Waals surface area (Å²) in [5.41, 5.74) is 2.54. The summed E-state index contributed by atoms with van der Waals surface area (Å²) in [5, 5.41) is 7.77. The molecule has 1 saturated carbocycles. The third-order valence-corrected chi connectivity index (χ3v) is 7.29. The molecule has 164 valence electrons. The van der Waals surface area contributed by atoms with Crippen LogP contribution in [0.1, 0.15) is 52.4 Å². The van der Waals surface area contributed by atoms with Crippen LogP contribution in [-0.2, 0) is 11.3 Å². The molecule has 1 fully saturated rings. The van der Waals surface area contributed by atoms with Crippen molar-refractivity contribution in [3.05, 3.63) is 64.7 Å². The van der Waals surface area contributed by atoms with Crippen LogP contribution in [0.15, 0.2) is 48.7 Å². The van der Waals surface area contributed by atoms with Gasteiger partial charge >= 0.3 is 0 Å². The molecule has 0 aliphatic heterocycles. The number of carbonyl (C=O) groups is 1. The van der Waals surface area contributed by atoms with Crippen molar-refractivity contribution in [2.75, 3.05) is 26.8 Å². The van der Waals surface area contributed by atoms with Crippen molar-refractivity contribution in [3.63, 3.8) is 0 Å². The second-order valence-electron chi connectivity index (χ2n) is 8.28. The Kier molecular flexibility index (Phi) is 7.67. The summed E-state index contributed by atoms with van der Waals surface area (Å²) in [6.45, 7) is 3.02. The highest BCUT2D eigenvalue weighted by atomic mass is 32.1. The quantitative estimate of drug-likeness (QED) is 0.475. The minimum Gasteiger partial charge on any atom is -0.383 e. The molecule has 4 rings (SSSR count). The summed E-state index contributed by atoms with van der Waals surface area (Å²) >= 11 is 1.52. The van der Waals surface area contributed by atoms with Crippen LogP contribution in [0.4, 0.5) is 0 Å². The molecule has 1 aliphatic rings. The summed E-state index contributed by atoms with van der Waals surface area (Å²) in [4.78, 5) is 19.2. The van der Waals surface area contributed by atoms with Gasteiger partial charge in [0, 0.05) is 31.8 Å². The number of pyridine rings is 1. The van der Waals surface area contributed by atoms with Crippen LogP contribution in [0.2, 0.25) is 0 Å². The number of methoxy groups -OCH3 is 1. The molecule has 2 heterocycles. The van der Waals surface area contributed by atoms with E-state index in [1.807, 2.05) is 12.3 Å². The number of hydrogen-bond donors (Lipinski definition) is 2. The number of carbonyl (C=O) groups excluding carboxylic acids is 1. The summed E-state index contributed by atoms with van der Waals surface area (Å²) in [6.07, 6.45) is 6.43. The topological polar surface area (TPSA) is 63.2 Å². The second kappa shape index (κ2) is 10.8. The predicted octanol–water partition coefficient (Wildman–Crippen LogP) is 4.74.